The summed E-state index contributed by atoms with van der Waals surface area (Å²) in [6.45, 7) is 11.6. The Morgan fingerprint density at radius 1 is 0.878 bits per heavy atom. The number of esters is 2. The van der Waals surface area contributed by atoms with Gasteiger partial charge in [-0.2, -0.15) is 0 Å². The molecule has 0 saturated carbocycles. The summed E-state index contributed by atoms with van der Waals surface area (Å²) < 4.78 is 26.7. The Morgan fingerprint density at radius 2 is 1.47 bits per heavy atom. The van der Waals surface area contributed by atoms with Gasteiger partial charge in [-0.15, -0.1) is 0 Å². The van der Waals surface area contributed by atoms with Crippen molar-refractivity contribution in [3.63, 3.8) is 0 Å². The van der Waals surface area contributed by atoms with Gasteiger partial charge >= 0.3 is 18.0 Å². The summed E-state index contributed by atoms with van der Waals surface area (Å²) >= 11 is 0. The first kappa shape index (κ1) is 38.3. The van der Waals surface area contributed by atoms with E-state index in [1.54, 1.807) is 78.7 Å². The monoisotopic (exact) mass is 684 g/mol. The third kappa shape index (κ3) is 12.1. The third-order valence-corrected chi connectivity index (χ3v) is 6.68. The van der Waals surface area contributed by atoms with Crippen molar-refractivity contribution in [1.29, 1.82) is 0 Å². The van der Waals surface area contributed by atoms with E-state index in [1.807, 2.05) is 0 Å². The van der Waals surface area contributed by atoms with Gasteiger partial charge in [0.2, 0.25) is 5.91 Å². The molecule has 3 amide bonds. The first-order valence-corrected chi connectivity index (χ1v) is 15.8. The summed E-state index contributed by atoms with van der Waals surface area (Å²) in [6, 6.07) is 6.77. The smallest absolute Gasteiger partial charge is 0.409 e. The average Bonchev–Trinajstić information content (AvgIpc) is 3.03. The summed E-state index contributed by atoms with van der Waals surface area (Å²) in [5.74, 6) is -1.37. The predicted octanol–water partition coefficient (Wildman–Crippen LogP) is 2.82. The van der Waals surface area contributed by atoms with Gasteiger partial charge < -0.3 is 38.8 Å². The van der Waals surface area contributed by atoms with Crippen LogP contribution in [0, 0.1) is 0 Å². The molecule has 1 atom stereocenters. The van der Waals surface area contributed by atoms with E-state index in [0.717, 1.165) is 0 Å². The second-order valence-corrected chi connectivity index (χ2v) is 13.0. The molecule has 0 spiro atoms. The van der Waals surface area contributed by atoms with Crippen molar-refractivity contribution in [2.45, 2.75) is 72.1 Å². The fourth-order valence-electron chi connectivity index (χ4n) is 4.70. The maximum atomic E-state index is 13.8. The van der Waals surface area contributed by atoms with Crippen LogP contribution >= 0.6 is 0 Å². The minimum Gasteiger partial charge on any atom is -0.481 e. The highest BCUT2D eigenvalue weighted by Crippen LogP contribution is 2.26. The van der Waals surface area contributed by atoms with Crippen LogP contribution in [-0.2, 0) is 38.1 Å². The Balaban J connectivity index is 1.85. The molecule has 15 heteroatoms. The lowest BCUT2D eigenvalue weighted by atomic mass is 10.1. The number of ether oxygens (including phenoxy) is 5. The molecule has 1 aromatic heterocycles. The van der Waals surface area contributed by atoms with Crippen molar-refractivity contribution >= 4 is 46.7 Å². The molecule has 0 radical (unpaired) electrons. The van der Waals surface area contributed by atoms with Crippen LogP contribution in [0.15, 0.2) is 36.1 Å². The molecule has 1 aliphatic rings. The van der Waals surface area contributed by atoms with Crippen LogP contribution in [0.4, 0.5) is 4.79 Å². The molecule has 1 saturated heterocycles. The maximum absolute atomic E-state index is 13.8. The quantitative estimate of drug-likeness (QED) is 0.150. The standard InChI is InChI=1S/C34H44N4O11/c1-8-45-32(44)38-15-13-37(14-16-38)31(43)26(17-22(19-39)46-20-28(40)48-33(2,3)4)36-30(42)25-18-27(23-11-9-10-12-24(23)35-25)47-21-29(41)49-34(5,6)7/h9-12,18,26H,8,13-17,20-21H2,1-7H3,(H,36,42). The number of benzene rings is 1. The van der Waals surface area contributed by atoms with E-state index in [4.69, 9.17) is 23.7 Å². The minimum atomic E-state index is -1.36. The average molecular weight is 685 g/mol. The van der Waals surface area contributed by atoms with E-state index in [9.17, 15) is 28.8 Å². The van der Waals surface area contributed by atoms with Gasteiger partial charge in [0.25, 0.3) is 5.91 Å². The first-order valence-electron chi connectivity index (χ1n) is 15.8. The third-order valence-electron chi connectivity index (χ3n) is 6.68. The molecular weight excluding hydrogens is 640 g/mol. The first-order chi connectivity index (χ1) is 23.0. The molecule has 1 N–H and O–H groups in total. The molecule has 1 aliphatic heterocycles. The van der Waals surface area contributed by atoms with Gasteiger partial charge in [-0.25, -0.2) is 24.2 Å². The van der Waals surface area contributed by atoms with Crippen molar-refractivity contribution in [3.8, 4) is 5.75 Å². The van der Waals surface area contributed by atoms with Crippen LogP contribution < -0.4 is 10.1 Å². The summed E-state index contributed by atoms with van der Waals surface area (Å²) in [5.41, 5.74) is -1.30. The zero-order valence-electron chi connectivity index (χ0n) is 29.0. The highest BCUT2D eigenvalue weighted by atomic mass is 16.6. The highest BCUT2D eigenvalue weighted by molar-refractivity contribution is 5.99. The number of pyridine rings is 1. The lowest BCUT2D eigenvalue weighted by molar-refractivity contribution is -0.159. The Hall–Kier alpha value is -5.17. The Kier molecular flexibility index (Phi) is 13.1. The summed E-state index contributed by atoms with van der Waals surface area (Å²) in [7, 11) is 0. The number of para-hydroxylation sites is 1. The van der Waals surface area contributed by atoms with E-state index in [0.29, 0.717) is 10.9 Å². The van der Waals surface area contributed by atoms with Crippen LogP contribution in [0.2, 0.25) is 0 Å². The number of amides is 3. The van der Waals surface area contributed by atoms with Gasteiger partial charge in [0.05, 0.1) is 12.1 Å². The fourth-order valence-corrected chi connectivity index (χ4v) is 4.70. The maximum Gasteiger partial charge on any atom is 0.409 e. The van der Waals surface area contributed by atoms with Crippen LogP contribution in [0.5, 0.6) is 5.75 Å². The number of rotatable bonds is 12. The van der Waals surface area contributed by atoms with Crippen LogP contribution in [-0.4, -0.2) is 114 Å². The zero-order chi connectivity index (χ0) is 36.4. The van der Waals surface area contributed by atoms with Crippen molar-refractivity contribution < 1.29 is 52.5 Å². The summed E-state index contributed by atoms with van der Waals surface area (Å²) in [6.07, 6.45) is -0.960. The SMILES string of the molecule is CCOC(=O)N1CCN(C(=O)C(CC(=C=O)OCC(=O)OC(C)(C)C)NC(=O)c2cc(OCC(=O)OC(C)(C)C)c3ccccc3n2)CC1. The lowest BCUT2D eigenvalue weighted by Gasteiger charge is -2.36. The predicted molar refractivity (Wildman–Crippen MR) is 175 cm³/mol. The normalized spacial score (nSPS) is 13.9. The fraction of sp³-hybridized carbons (Fsp3) is 0.529. The molecular formula is C34H44N4O11. The second kappa shape index (κ2) is 16.8. The molecule has 49 heavy (non-hydrogen) atoms. The van der Waals surface area contributed by atoms with Gasteiger partial charge in [0.15, 0.2) is 24.9 Å². The Morgan fingerprint density at radius 3 is 2.06 bits per heavy atom. The van der Waals surface area contributed by atoms with E-state index in [-0.39, 0.29) is 44.2 Å². The molecule has 1 fully saturated rings. The van der Waals surface area contributed by atoms with Crippen LogP contribution in [0.1, 0.15) is 65.4 Å². The molecule has 0 bridgehead atoms. The zero-order valence-corrected chi connectivity index (χ0v) is 29.0. The van der Waals surface area contributed by atoms with Crippen molar-refractivity contribution in [2.75, 3.05) is 46.0 Å². The highest BCUT2D eigenvalue weighted by Gasteiger charge is 2.33. The number of nitrogens with zero attached hydrogens (tertiary/aromatic N) is 3. The lowest BCUT2D eigenvalue weighted by Crippen LogP contribution is -2.56. The molecule has 1 unspecified atom stereocenters. The number of hydrogen-bond donors (Lipinski definition) is 1. The van der Waals surface area contributed by atoms with E-state index in [2.05, 4.69) is 10.3 Å². The van der Waals surface area contributed by atoms with Gasteiger partial charge in [-0.1, -0.05) is 12.1 Å². The molecule has 2 heterocycles. The topological polar surface area (TPSA) is 180 Å². The number of piperazine rings is 1. The molecule has 3 rings (SSSR count). The van der Waals surface area contributed by atoms with Gasteiger partial charge in [-0.05, 0) is 60.6 Å². The Bertz CT molecular complexity index is 1580. The molecule has 15 nitrogen and oxygen atoms in total. The van der Waals surface area contributed by atoms with Crippen molar-refractivity contribution in [3.05, 3.63) is 41.8 Å². The van der Waals surface area contributed by atoms with Gasteiger partial charge in [0, 0.05) is 44.1 Å². The van der Waals surface area contributed by atoms with Gasteiger partial charge in [-0.3, -0.25) is 9.59 Å². The summed E-state index contributed by atoms with van der Waals surface area (Å²) in [5, 5.41) is 3.15. The summed E-state index contributed by atoms with van der Waals surface area (Å²) in [4.78, 5) is 83.4. The van der Waals surface area contributed by atoms with E-state index < -0.39 is 72.5 Å². The molecule has 1 aromatic carbocycles. The number of carbonyl (C=O) groups is 5. The number of fused-ring (bicyclic) bond motifs is 1. The van der Waals surface area contributed by atoms with Crippen molar-refractivity contribution in [1.82, 2.24) is 20.1 Å². The minimum absolute atomic E-state index is 0.125. The number of aromatic nitrogens is 1. The largest absolute Gasteiger partial charge is 0.481 e. The molecule has 0 aliphatic carbocycles. The van der Waals surface area contributed by atoms with Crippen LogP contribution in [0.3, 0.4) is 0 Å². The number of nitrogens with one attached hydrogen (secondary N) is 1. The van der Waals surface area contributed by atoms with Crippen molar-refractivity contribution in [2.24, 2.45) is 0 Å². The molecule has 266 valence electrons. The van der Waals surface area contributed by atoms with E-state index >= 15 is 0 Å². The Labute approximate surface area is 284 Å². The van der Waals surface area contributed by atoms with Gasteiger partial charge in [0.1, 0.15) is 28.7 Å². The number of hydrogen-bond acceptors (Lipinski definition) is 12. The second-order valence-electron chi connectivity index (χ2n) is 13.0. The van der Waals surface area contributed by atoms with E-state index in [1.165, 1.54) is 15.9 Å². The number of carbonyl (C=O) groups excluding carboxylic acids is 6. The van der Waals surface area contributed by atoms with Crippen LogP contribution in [0.25, 0.3) is 10.9 Å². The molecule has 2 aromatic rings.